The summed E-state index contributed by atoms with van der Waals surface area (Å²) >= 11 is 0. The maximum Gasteiger partial charge on any atom is 0.303 e. The summed E-state index contributed by atoms with van der Waals surface area (Å²) in [5, 5.41) is 8.93. The van der Waals surface area contributed by atoms with Crippen LogP contribution in [0.5, 0.6) is 0 Å². The second kappa shape index (κ2) is 12.0. The SMILES string of the molecule is CC1O[C@@H](O[C@H](C)CCC(=O)O)C(OCc2ccccc2)C[C@H]1OCc1ccccc1. The molecule has 0 aliphatic carbocycles. The fourth-order valence-electron chi connectivity index (χ4n) is 3.57. The van der Waals surface area contributed by atoms with E-state index in [1.807, 2.05) is 74.5 Å². The first-order valence-corrected chi connectivity index (χ1v) is 10.8. The zero-order valence-corrected chi connectivity index (χ0v) is 18.2. The number of rotatable bonds is 11. The molecule has 2 aromatic carbocycles. The van der Waals surface area contributed by atoms with Crippen LogP contribution in [-0.4, -0.2) is 41.8 Å². The van der Waals surface area contributed by atoms with Crippen LogP contribution in [-0.2, 0) is 37.0 Å². The van der Waals surface area contributed by atoms with Gasteiger partial charge in [-0.25, -0.2) is 0 Å². The van der Waals surface area contributed by atoms with E-state index in [9.17, 15) is 4.79 Å². The number of carboxylic acid groups (broad SMARTS) is 1. The van der Waals surface area contributed by atoms with Crippen LogP contribution in [0, 0.1) is 0 Å². The van der Waals surface area contributed by atoms with Crippen molar-refractivity contribution >= 4 is 5.97 Å². The molecule has 0 aromatic heterocycles. The van der Waals surface area contributed by atoms with Gasteiger partial charge in [-0.1, -0.05) is 60.7 Å². The van der Waals surface area contributed by atoms with Crippen molar-refractivity contribution in [3.05, 3.63) is 71.8 Å². The van der Waals surface area contributed by atoms with Crippen LogP contribution in [0.1, 0.15) is 44.2 Å². The number of benzene rings is 2. The van der Waals surface area contributed by atoms with Gasteiger partial charge in [-0.2, -0.15) is 0 Å². The van der Waals surface area contributed by atoms with Crippen molar-refractivity contribution in [1.82, 2.24) is 0 Å². The first-order valence-electron chi connectivity index (χ1n) is 10.8. The van der Waals surface area contributed by atoms with Crippen LogP contribution >= 0.6 is 0 Å². The normalized spacial score (nSPS) is 24.6. The van der Waals surface area contributed by atoms with Crippen molar-refractivity contribution in [2.45, 2.75) is 77.0 Å². The van der Waals surface area contributed by atoms with E-state index in [1.54, 1.807) is 0 Å². The Hall–Kier alpha value is -2.25. The lowest BCUT2D eigenvalue weighted by molar-refractivity contribution is -0.290. The van der Waals surface area contributed by atoms with Crippen molar-refractivity contribution < 1.29 is 28.8 Å². The molecular weight excluding hydrogens is 396 g/mol. The summed E-state index contributed by atoms with van der Waals surface area (Å²) in [6.07, 6.45) is -0.324. The van der Waals surface area contributed by atoms with Gasteiger partial charge in [-0.3, -0.25) is 4.79 Å². The quantitative estimate of drug-likeness (QED) is 0.565. The molecule has 0 saturated carbocycles. The fraction of sp³-hybridized carbons (Fsp3) is 0.480. The molecule has 2 unspecified atom stereocenters. The molecule has 6 nitrogen and oxygen atoms in total. The molecule has 31 heavy (non-hydrogen) atoms. The van der Waals surface area contributed by atoms with E-state index in [4.69, 9.17) is 24.1 Å². The average molecular weight is 429 g/mol. The van der Waals surface area contributed by atoms with E-state index in [0.717, 1.165) is 11.1 Å². The molecule has 1 N–H and O–H groups in total. The van der Waals surface area contributed by atoms with Gasteiger partial charge in [0.05, 0.1) is 31.5 Å². The first-order chi connectivity index (χ1) is 15.0. The molecule has 0 amide bonds. The Morgan fingerprint density at radius 3 is 2.10 bits per heavy atom. The Morgan fingerprint density at radius 1 is 1.00 bits per heavy atom. The highest BCUT2D eigenvalue weighted by Gasteiger charge is 2.38. The molecule has 1 heterocycles. The molecular formula is C25H32O6. The van der Waals surface area contributed by atoms with E-state index >= 15 is 0 Å². The second-order valence-electron chi connectivity index (χ2n) is 7.99. The van der Waals surface area contributed by atoms with Crippen LogP contribution in [0.2, 0.25) is 0 Å². The monoisotopic (exact) mass is 428 g/mol. The van der Waals surface area contributed by atoms with Crippen LogP contribution in [0.4, 0.5) is 0 Å². The Bertz CT molecular complexity index is 781. The molecule has 0 bridgehead atoms. The molecule has 168 valence electrons. The minimum Gasteiger partial charge on any atom is -0.481 e. The Morgan fingerprint density at radius 2 is 1.55 bits per heavy atom. The number of hydrogen-bond donors (Lipinski definition) is 1. The highest BCUT2D eigenvalue weighted by atomic mass is 16.7. The van der Waals surface area contributed by atoms with Gasteiger partial charge in [0.25, 0.3) is 0 Å². The summed E-state index contributed by atoms with van der Waals surface area (Å²) in [5.74, 6) is -0.834. The number of aliphatic carboxylic acids is 1. The summed E-state index contributed by atoms with van der Waals surface area (Å²) in [5.41, 5.74) is 2.18. The standard InChI is InChI=1S/C25H32O6/c1-18(13-14-24(26)27)30-25-23(29-17-21-11-7-4-8-12-21)15-22(19(2)31-25)28-16-20-9-5-3-6-10-20/h3-12,18-19,22-23,25H,13-17H2,1-2H3,(H,26,27)/t18-,19?,22-,23?,25-/m1/s1. The Labute approximate surface area is 184 Å². The van der Waals surface area contributed by atoms with Crippen molar-refractivity contribution in [2.24, 2.45) is 0 Å². The van der Waals surface area contributed by atoms with Crippen LogP contribution in [0.25, 0.3) is 0 Å². The van der Waals surface area contributed by atoms with E-state index < -0.39 is 12.3 Å². The molecule has 5 atom stereocenters. The highest BCUT2D eigenvalue weighted by molar-refractivity contribution is 5.66. The van der Waals surface area contributed by atoms with Gasteiger partial charge in [0.15, 0.2) is 6.29 Å². The summed E-state index contributed by atoms with van der Waals surface area (Å²) in [6.45, 7) is 4.79. The molecule has 2 aromatic rings. The van der Waals surface area contributed by atoms with Crippen LogP contribution < -0.4 is 0 Å². The number of carboxylic acids is 1. The minimum absolute atomic E-state index is 0.0573. The topological polar surface area (TPSA) is 74.2 Å². The Balaban J connectivity index is 1.61. The van der Waals surface area contributed by atoms with Crippen molar-refractivity contribution in [1.29, 1.82) is 0 Å². The third-order valence-corrected chi connectivity index (χ3v) is 5.39. The maximum atomic E-state index is 10.9. The van der Waals surface area contributed by atoms with Gasteiger partial charge in [0.1, 0.15) is 6.10 Å². The molecule has 1 aliphatic rings. The van der Waals surface area contributed by atoms with Gasteiger partial charge < -0.3 is 24.1 Å². The molecule has 1 saturated heterocycles. The zero-order chi connectivity index (χ0) is 22.1. The van der Waals surface area contributed by atoms with Crippen molar-refractivity contribution in [3.8, 4) is 0 Å². The Kier molecular flexibility index (Phi) is 9.03. The fourth-order valence-corrected chi connectivity index (χ4v) is 3.57. The third kappa shape index (κ3) is 7.74. The second-order valence-corrected chi connectivity index (χ2v) is 7.99. The van der Waals surface area contributed by atoms with Gasteiger partial charge in [-0.15, -0.1) is 0 Å². The maximum absolute atomic E-state index is 10.9. The van der Waals surface area contributed by atoms with Gasteiger partial charge in [-0.05, 0) is 31.4 Å². The predicted molar refractivity (Wildman–Crippen MR) is 116 cm³/mol. The van der Waals surface area contributed by atoms with Crippen LogP contribution in [0.15, 0.2) is 60.7 Å². The molecule has 1 aliphatic heterocycles. The zero-order valence-electron chi connectivity index (χ0n) is 18.2. The lowest BCUT2D eigenvalue weighted by Crippen LogP contribution is -2.50. The number of ether oxygens (including phenoxy) is 4. The van der Waals surface area contributed by atoms with Gasteiger partial charge >= 0.3 is 5.97 Å². The van der Waals surface area contributed by atoms with Gasteiger partial charge in [0.2, 0.25) is 0 Å². The summed E-state index contributed by atoms with van der Waals surface area (Å²) in [4.78, 5) is 10.9. The smallest absolute Gasteiger partial charge is 0.303 e. The lowest BCUT2D eigenvalue weighted by Gasteiger charge is -2.40. The molecule has 1 fully saturated rings. The summed E-state index contributed by atoms with van der Waals surface area (Å²) < 4.78 is 24.6. The summed E-state index contributed by atoms with van der Waals surface area (Å²) in [7, 11) is 0. The first kappa shape index (κ1) is 23.4. The molecule has 6 heteroatoms. The van der Waals surface area contributed by atoms with Gasteiger partial charge in [0, 0.05) is 12.8 Å². The molecule has 0 radical (unpaired) electrons. The molecule has 0 spiro atoms. The third-order valence-electron chi connectivity index (χ3n) is 5.39. The van der Waals surface area contributed by atoms with E-state index in [-0.39, 0.29) is 30.8 Å². The minimum atomic E-state index is -0.834. The lowest BCUT2D eigenvalue weighted by atomic mass is 10.0. The predicted octanol–water partition coefficient (Wildman–Crippen LogP) is 4.56. The largest absolute Gasteiger partial charge is 0.481 e. The average Bonchev–Trinajstić information content (AvgIpc) is 2.78. The number of carbonyl (C=O) groups is 1. The summed E-state index contributed by atoms with van der Waals surface area (Å²) in [6, 6.07) is 20.0. The van der Waals surface area contributed by atoms with Crippen molar-refractivity contribution in [2.75, 3.05) is 0 Å². The molecule has 3 rings (SSSR count). The van der Waals surface area contributed by atoms with E-state index in [1.165, 1.54) is 0 Å². The highest BCUT2D eigenvalue weighted by Crippen LogP contribution is 2.28. The van der Waals surface area contributed by atoms with E-state index in [2.05, 4.69) is 0 Å². The van der Waals surface area contributed by atoms with E-state index in [0.29, 0.717) is 26.1 Å². The van der Waals surface area contributed by atoms with Crippen molar-refractivity contribution in [3.63, 3.8) is 0 Å². The van der Waals surface area contributed by atoms with Crippen LogP contribution in [0.3, 0.4) is 0 Å². The number of hydrogen-bond acceptors (Lipinski definition) is 5.